The molecule has 0 bridgehead atoms. The number of nitrogens with one attached hydrogen (secondary N) is 1. The summed E-state index contributed by atoms with van der Waals surface area (Å²) in [5.41, 5.74) is -0.353. The van der Waals surface area contributed by atoms with Crippen molar-refractivity contribution in [2.24, 2.45) is 0 Å². The van der Waals surface area contributed by atoms with Gasteiger partial charge in [0, 0.05) is 16.2 Å². The summed E-state index contributed by atoms with van der Waals surface area (Å²) in [6.07, 6.45) is 2.88. The zero-order valence-electron chi connectivity index (χ0n) is 12.3. The minimum Gasteiger partial charge on any atom is -0.496 e. The predicted molar refractivity (Wildman–Crippen MR) is 83.1 cm³/mol. The number of rotatable bonds is 5. The Bertz CT molecular complexity index is 497. The van der Waals surface area contributed by atoms with E-state index in [1.165, 1.54) is 4.90 Å². The number of hydrogen-bond donors (Lipinski definition) is 1. The molecule has 2 unspecified atom stereocenters. The maximum absolute atomic E-state index is 9.50. The van der Waals surface area contributed by atoms with E-state index in [-0.39, 0.29) is 5.54 Å². The van der Waals surface area contributed by atoms with E-state index in [9.17, 15) is 5.26 Å². The first-order valence-corrected chi connectivity index (χ1v) is 7.95. The molecular weight excluding hydrogens is 268 g/mol. The summed E-state index contributed by atoms with van der Waals surface area (Å²) in [5.74, 6) is 0.920. The largest absolute Gasteiger partial charge is 0.496 e. The van der Waals surface area contributed by atoms with Crippen LogP contribution < -0.4 is 10.1 Å². The minimum atomic E-state index is -0.353. The smallest absolute Gasteiger partial charge is 0.132 e. The van der Waals surface area contributed by atoms with Crippen molar-refractivity contribution in [3.63, 3.8) is 0 Å². The van der Waals surface area contributed by atoms with Gasteiger partial charge in [-0.3, -0.25) is 5.32 Å². The Kier molecular flexibility index (Phi) is 4.95. The van der Waals surface area contributed by atoms with Gasteiger partial charge >= 0.3 is 0 Å². The third kappa shape index (κ3) is 3.47. The summed E-state index contributed by atoms with van der Waals surface area (Å²) >= 11 is 1.83. The van der Waals surface area contributed by atoms with Crippen molar-refractivity contribution in [1.29, 1.82) is 5.26 Å². The maximum atomic E-state index is 9.50. The molecule has 1 fully saturated rings. The van der Waals surface area contributed by atoms with E-state index in [1.54, 1.807) is 7.11 Å². The van der Waals surface area contributed by atoms with Gasteiger partial charge in [-0.2, -0.15) is 5.26 Å². The molecule has 2 atom stereocenters. The zero-order chi connectivity index (χ0) is 14.6. The van der Waals surface area contributed by atoms with Crippen molar-refractivity contribution in [2.75, 3.05) is 7.11 Å². The normalized spacial score (nSPS) is 25.6. The molecule has 0 saturated heterocycles. The number of thioether (sulfide) groups is 1. The van der Waals surface area contributed by atoms with Gasteiger partial charge in [0.2, 0.25) is 0 Å². The van der Waals surface area contributed by atoms with Crippen molar-refractivity contribution in [3.05, 3.63) is 24.3 Å². The molecule has 2 rings (SSSR count). The Hall–Kier alpha value is -1.18. The summed E-state index contributed by atoms with van der Waals surface area (Å²) in [6, 6.07) is 10.9. The van der Waals surface area contributed by atoms with E-state index in [1.807, 2.05) is 30.0 Å². The standard InChI is InChI=1S/C16H22N2OS/c1-12(2)18-16(11-17)9-8-13(10-16)20-15-7-5-4-6-14(15)19-3/h4-7,12-13,18H,8-10H2,1-3H3. The number of hydrogen-bond acceptors (Lipinski definition) is 4. The SMILES string of the molecule is COc1ccccc1SC1CCC(C#N)(NC(C)C)C1. The molecule has 1 aliphatic carbocycles. The van der Waals surface area contributed by atoms with Gasteiger partial charge in [0.1, 0.15) is 11.3 Å². The lowest BCUT2D eigenvalue weighted by atomic mass is 9.99. The molecule has 0 amide bonds. The Balaban J connectivity index is 2.04. The molecule has 0 aliphatic heterocycles. The van der Waals surface area contributed by atoms with Crippen molar-refractivity contribution < 1.29 is 4.74 Å². The first-order valence-electron chi connectivity index (χ1n) is 7.07. The van der Waals surface area contributed by atoms with Crippen LogP contribution in [0.15, 0.2) is 29.2 Å². The molecule has 1 aliphatic rings. The Morgan fingerprint density at radius 3 is 2.85 bits per heavy atom. The third-order valence-corrected chi connectivity index (χ3v) is 4.94. The number of nitrogens with zero attached hydrogens (tertiary/aromatic N) is 1. The van der Waals surface area contributed by atoms with Gasteiger partial charge in [-0.1, -0.05) is 12.1 Å². The predicted octanol–water partition coefficient (Wildman–Crippen LogP) is 3.60. The van der Waals surface area contributed by atoms with Crippen LogP contribution in [-0.2, 0) is 0 Å². The van der Waals surface area contributed by atoms with E-state index >= 15 is 0 Å². The first kappa shape index (κ1) is 15.2. The topological polar surface area (TPSA) is 45.0 Å². The average Bonchev–Trinajstić information content (AvgIpc) is 2.82. The molecule has 0 aromatic heterocycles. The summed E-state index contributed by atoms with van der Waals surface area (Å²) in [5, 5.41) is 13.4. The van der Waals surface area contributed by atoms with Crippen LogP contribution in [0.4, 0.5) is 0 Å². The van der Waals surface area contributed by atoms with E-state index in [0.717, 1.165) is 25.0 Å². The average molecular weight is 290 g/mol. The molecule has 0 spiro atoms. The van der Waals surface area contributed by atoms with Crippen LogP contribution in [0.2, 0.25) is 0 Å². The Morgan fingerprint density at radius 1 is 1.45 bits per heavy atom. The molecule has 1 aromatic rings. The highest BCUT2D eigenvalue weighted by Crippen LogP contribution is 2.42. The van der Waals surface area contributed by atoms with Crippen LogP contribution in [-0.4, -0.2) is 23.9 Å². The quantitative estimate of drug-likeness (QED) is 0.900. The van der Waals surface area contributed by atoms with Crippen molar-refractivity contribution in [2.45, 2.75) is 54.8 Å². The molecule has 0 radical (unpaired) electrons. The van der Waals surface area contributed by atoms with Crippen LogP contribution in [0.3, 0.4) is 0 Å². The fourth-order valence-electron chi connectivity index (χ4n) is 2.81. The zero-order valence-corrected chi connectivity index (χ0v) is 13.2. The Labute approximate surface area is 125 Å². The van der Waals surface area contributed by atoms with Gasteiger partial charge < -0.3 is 4.74 Å². The molecule has 1 N–H and O–H groups in total. The van der Waals surface area contributed by atoms with E-state index < -0.39 is 0 Å². The van der Waals surface area contributed by atoms with Crippen LogP contribution >= 0.6 is 11.8 Å². The van der Waals surface area contributed by atoms with Gasteiger partial charge in [0.25, 0.3) is 0 Å². The minimum absolute atomic E-state index is 0.338. The second-order valence-electron chi connectivity index (χ2n) is 5.63. The summed E-state index contributed by atoms with van der Waals surface area (Å²) in [6.45, 7) is 4.19. The lowest BCUT2D eigenvalue weighted by Crippen LogP contribution is -2.45. The van der Waals surface area contributed by atoms with Gasteiger partial charge in [0.05, 0.1) is 13.2 Å². The van der Waals surface area contributed by atoms with Crippen LogP contribution in [0.25, 0.3) is 0 Å². The molecule has 108 valence electrons. The molecule has 20 heavy (non-hydrogen) atoms. The summed E-state index contributed by atoms with van der Waals surface area (Å²) in [7, 11) is 1.70. The van der Waals surface area contributed by atoms with Gasteiger partial charge in [-0.05, 0) is 45.2 Å². The fourth-order valence-corrected chi connectivity index (χ4v) is 4.20. The van der Waals surface area contributed by atoms with Crippen LogP contribution in [0.1, 0.15) is 33.1 Å². The number of nitriles is 1. The van der Waals surface area contributed by atoms with Crippen molar-refractivity contribution >= 4 is 11.8 Å². The van der Waals surface area contributed by atoms with Gasteiger partial charge in [-0.25, -0.2) is 0 Å². The highest BCUT2D eigenvalue weighted by Gasteiger charge is 2.40. The second-order valence-corrected chi connectivity index (χ2v) is 6.97. The third-order valence-electron chi connectivity index (χ3n) is 3.61. The first-order chi connectivity index (χ1) is 9.58. The van der Waals surface area contributed by atoms with Gasteiger partial charge in [-0.15, -0.1) is 11.8 Å². The van der Waals surface area contributed by atoms with Crippen LogP contribution in [0, 0.1) is 11.3 Å². The fraction of sp³-hybridized carbons (Fsp3) is 0.562. The van der Waals surface area contributed by atoms with E-state index in [2.05, 4.69) is 31.3 Å². The lowest BCUT2D eigenvalue weighted by Gasteiger charge is -2.25. The summed E-state index contributed by atoms with van der Waals surface area (Å²) < 4.78 is 5.40. The molecular formula is C16H22N2OS. The van der Waals surface area contributed by atoms with Crippen LogP contribution in [0.5, 0.6) is 5.75 Å². The number of methoxy groups -OCH3 is 1. The molecule has 1 aromatic carbocycles. The highest BCUT2D eigenvalue weighted by molar-refractivity contribution is 8.00. The monoisotopic (exact) mass is 290 g/mol. The Morgan fingerprint density at radius 2 is 2.20 bits per heavy atom. The van der Waals surface area contributed by atoms with Crippen molar-refractivity contribution in [3.8, 4) is 11.8 Å². The molecule has 3 nitrogen and oxygen atoms in total. The lowest BCUT2D eigenvalue weighted by molar-refractivity contribution is 0.386. The second kappa shape index (κ2) is 6.51. The van der Waals surface area contributed by atoms with E-state index in [0.29, 0.717) is 11.3 Å². The highest BCUT2D eigenvalue weighted by atomic mass is 32.2. The summed E-state index contributed by atoms with van der Waals surface area (Å²) in [4.78, 5) is 1.17. The molecule has 4 heteroatoms. The molecule has 1 saturated carbocycles. The molecule has 0 heterocycles. The van der Waals surface area contributed by atoms with Crippen molar-refractivity contribution in [1.82, 2.24) is 5.32 Å². The maximum Gasteiger partial charge on any atom is 0.132 e. The number of benzene rings is 1. The number of ether oxygens (including phenoxy) is 1. The van der Waals surface area contributed by atoms with Gasteiger partial charge in [0.15, 0.2) is 0 Å². The number of para-hydroxylation sites is 1. The van der Waals surface area contributed by atoms with E-state index in [4.69, 9.17) is 4.74 Å².